The summed E-state index contributed by atoms with van der Waals surface area (Å²) in [5, 5.41) is 7.41. The van der Waals surface area contributed by atoms with E-state index in [9.17, 15) is 0 Å². The zero-order chi connectivity index (χ0) is 12.4. The van der Waals surface area contributed by atoms with Crippen LogP contribution in [0, 0.1) is 0 Å². The number of aromatic nitrogens is 3. The van der Waals surface area contributed by atoms with Gasteiger partial charge in [-0.05, 0) is 37.1 Å². The number of nitrogens with zero attached hydrogens (tertiary/aromatic N) is 2. The first-order valence-electron chi connectivity index (χ1n) is 6.61. The number of nitrogen functional groups attached to an aromatic ring is 1. The summed E-state index contributed by atoms with van der Waals surface area (Å²) in [7, 11) is 0. The number of hydrogen-bond acceptors (Lipinski definition) is 3. The normalized spacial score (nSPS) is 16.9. The van der Waals surface area contributed by atoms with E-state index in [1.165, 1.54) is 32.1 Å². The molecule has 0 saturated heterocycles. The van der Waals surface area contributed by atoms with Crippen molar-refractivity contribution in [3.05, 3.63) is 30.1 Å². The van der Waals surface area contributed by atoms with Crippen molar-refractivity contribution in [1.82, 2.24) is 15.2 Å². The highest BCUT2D eigenvalue weighted by molar-refractivity contribution is 5.58. The zero-order valence-electron chi connectivity index (χ0n) is 10.4. The molecule has 1 aliphatic rings. The third kappa shape index (κ3) is 2.23. The van der Waals surface area contributed by atoms with Crippen LogP contribution >= 0.6 is 0 Å². The van der Waals surface area contributed by atoms with E-state index in [1.54, 1.807) is 0 Å². The largest absolute Gasteiger partial charge is 0.399 e. The van der Waals surface area contributed by atoms with E-state index in [4.69, 9.17) is 5.73 Å². The second-order valence-electron chi connectivity index (χ2n) is 5.00. The minimum atomic E-state index is 0.564. The van der Waals surface area contributed by atoms with Crippen LogP contribution in [0.15, 0.2) is 24.3 Å². The van der Waals surface area contributed by atoms with Gasteiger partial charge in [-0.15, -0.1) is 0 Å². The minimum absolute atomic E-state index is 0.564. The fraction of sp³-hybridized carbons (Fsp3) is 0.429. The van der Waals surface area contributed by atoms with Gasteiger partial charge in [-0.2, -0.15) is 5.10 Å². The zero-order valence-corrected chi connectivity index (χ0v) is 10.4. The fourth-order valence-corrected chi connectivity index (χ4v) is 2.59. The van der Waals surface area contributed by atoms with Crippen LogP contribution in [-0.2, 0) is 0 Å². The van der Waals surface area contributed by atoms with Crippen molar-refractivity contribution in [3.63, 3.8) is 0 Å². The lowest BCUT2D eigenvalue weighted by Crippen LogP contribution is -2.06. The van der Waals surface area contributed by atoms with Gasteiger partial charge < -0.3 is 5.73 Å². The quantitative estimate of drug-likeness (QED) is 0.795. The molecule has 3 rings (SSSR count). The predicted octanol–water partition coefficient (Wildman–Crippen LogP) is 3.10. The number of H-pyrrole nitrogens is 1. The summed E-state index contributed by atoms with van der Waals surface area (Å²) in [6, 6.07) is 7.68. The van der Waals surface area contributed by atoms with Crippen LogP contribution in [0.25, 0.3) is 11.4 Å². The van der Waals surface area contributed by atoms with Gasteiger partial charge in [0.1, 0.15) is 5.82 Å². The van der Waals surface area contributed by atoms with Gasteiger partial charge in [0, 0.05) is 17.2 Å². The van der Waals surface area contributed by atoms with E-state index in [1.807, 2.05) is 24.3 Å². The van der Waals surface area contributed by atoms with Crippen LogP contribution in [0.3, 0.4) is 0 Å². The molecule has 0 radical (unpaired) electrons. The Kier molecular flexibility index (Phi) is 3.00. The maximum absolute atomic E-state index is 5.68. The van der Waals surface area contributed by atoms with Gasteiger partial charge in [0.2, 0.25) is 0 Å². The molecule has 0 aliphatic heterocycles. The number of anilines is 1. The molecular formula is C14H18N4. The molecular weight excluding hydrogens is 224 g/mol. The summed E-state index contributed by atoms with van der Waals surface area (Å²) >= 11 is 0. The topological polar surface area (TPSA) is 67.6 Å². The minimum Gasteiger partial charge on any atom is -0.399 e. The molecule has 4 nitrogen and oxygen atoms in total. The van der Waals surface area contributed by atoms with Crippen LogP contribution in [0.1, 0.15) is 43.8 Å². The first-order chi connectivity index (χ1) is 8.83. The lowest BCUT2D eigenvalue weighted by Gasteiger charge is -2.18. The summed E-state index contributed by atoms with van der Waals surface area (Å²) in [6.07, 6.45) is 6.44. The summed E-state index contributed by atoms with van der Waals surface area (Å²) in [5.41, 5.74) is 7.46. The first-order valence-corrected chi connectivity index (χ1v) is 6.61. The van der Waals surface area contributed by atoms with E-state index >= 15 is 0 Å². The van der Waals surface area contributed by atoms with Gasteiger partial charge in [-0.25, -0.2) is 4.98 Å². The molecule has 4 heteroatoms. The van der Waals surface area contributed by atoms with Gasteiger partial charge in [0.05, 0.1) is 0 Å². The number of rotatable bonds is 2. The molecule has 1 heterocycles. The Morgan fingerprint density at radius 2 is 1.78 bits per heavy atom. The summed E-state index contributed by atoms with van der Waals surface area (Å²) in [6.45, 7) is 0. The lowest BCUT2D eigenvalue weighted by atomic mass is 9.89. The van der Waals surface area contributed by atoms with Crippen LogP contribution in [0.5, 0.6) is 0 Å². The molecule has 1 fully saturated rings. The number of nitrogens with one attached hydrogen (secondary N) is 1. The lowest BCUT2D eigenvalue weighted by molar-refractivity contribution is 0.429. The van der Waals surface area contributed by atoms with Gasteiger partial charge in [0.15, 0.2) is 5.82 Å². The molecule has 1 saturated carbocycles. The van der Waals surface area contributed by atoms with Crippen molar-refractivity contribution in [3.8, 4) is 11.4 Å². The molecule has 1 aromatic carbocycles. The van der Waals surface area contributed by atoms with Crippen LogP contribution in [-0.4, -0.2) is 15.2 Å². The molecule has 3 N–H and O–H groups in total. The average Bonchev–Trinajstić information content (AvgIpc) is 2.90. The van der Waals surface area contributed by atoms with Crippen LogP contribution in [0.2, 0.25) is 0 Å². The highest BCUT2D eigenvalue weighted by Crippen LogP contribution is 2.31. The maximum Gasteiger partial charge on any atom is 0.181 e. The van der Waals surface area contributed by atoms with Crippen molar-refractivity contribution in [2.24, 2.45) is 0 Å². The SMILES string of the molecule is Nc1ccc(-c2n[nH]c(C3CCCCC3)n2)cc1. The summed E-state index contributed by atoms with van der Waals surface area (Å²) in [4.78, 5) is 4.63. The molecule has 0 bridgehead atoms. The standard InChI is InChI=1S/C14H18N4/c15-12-8-6-11(7-9-12)14-16-13(17-18-14)10-4-2-1-3-5-10/h6-10H,1-5,15H2,(H,16,17,18). The Hall–Kier alpha value is -1.84. The first kappa shape index (κ1) is 11.3. The molecule has 0 spiro atoms. The van der Waals surface area contributed by atoms with Crippen molar-refractivity contribution in [2.75, 3.05) is 5.73 Å². The summed E-state index contributed by atoms with van der Waals surface area (Å²) < 4.78 is 0. The Morgan fingerprint density at radius 1 is 1.06 bits per heavy atom. The fourth-order valence-electron chi connectivity index (χ4n) is 2.59. The van der Waals surface area contributed by atoms with E-state index in [0.717, 1.165) is 22.9 Å². The molecule has 0 amide bonds. The average molecular weight is 242 g/mol. The molecule has 0 unspecified atom stereocenters. The highest BCUT2D eigenvalue weighted by atomic mass is 15.2. The summed E-state index contributed by atoms with van der Waals surface area (Å²) in [5.74, 6) is 2.38. The number of nitrogens with two attached hydrogens (primary N) is 1. The second-order valence-corrected chi connectivity index (χ2v) is 5.00. The number of hydrogen-bond donors (Lipinski definition) is 2. The third-order valence-corrected chi connectivity index (χ3v) is 3.66. The van der Waals surface area contributed by atoms with Gasteiger partial charge in [-0.3, -0.25) is 5.10 Å². The van der Waals surface area contributed by atoms with Crippen molar-refractivity contribution in [1.29, 1.82) is 0 Å². The predicted molar refractivity (Wildman–Crippen MR) is 72.1 cm³/mol. The second kappa shape index (κ2) is 4.80. The smallest absolute Gasteiger partial charge is 0.181 e. The highest BCUT2D eigenvalue weighted by Gasteiger charge is 2.19. The molecule has 18 heavy (non-hydrogen) atoms. The monoisotopic (exact) mass is 242 g/mol. The Bertz CT molecular complexity index is 509. The van der Waals surface area contributed by atoms with Crippen molar-refractivity contribution >= 4 is 5.69 Å². The van der Waals surface area contributed by atoms with E-state index in [0.29, 0.717) is 5.92 Å². The Labute approximate surface area is 107 Å². The van der Waals surface area contributed by atoms with Gasteiger partial charge in [-0.1, -0.05) is 19.3 Å². The Balaban J connectivity index is 1.82. The number of benzene rings is 1. The van der Waals surface area contributed by atoms with E-state index in [2.05, 4.69) is 15.2 Å². The molecule has 2 aromatic rings. The third-order valence-electron chi connectivity index (χ3n) is 3.66. The maximum atomic E-state index is 5.68. The molecule has 94 valence electrons. The van der Waals surface area contributed by atoms with Crippen LogP contribution in [0.4, 0.5) is 5.69 Å². The van der Waals surface area contributed by atoms with Crippen molar-refractivity contribution in [2.45, 2.75) is 38.0 Å². The number of aromatic amines is 1. The molecule has 0 atom stereocenters. The van der Waals surface area contributed by atoms with E-state index < -0.39 is 0 Å². The Morgan fingerprint density at radius 3 is 2.50 bits per heavy atom. The van der Waals surface area contributed by atoms with Crippen LogP contribution < -0.4 is 5.73 Å². The van der Waals surface area contributed by atoms with Crippen molar-refractivity contribution < 1.29 is 0 Å². The van der Waals surface area contributed by atoms with Gasteiger partial charge >= 0.3 is 0 Å². The van der Waals surface area contributed by atoms with Gasteiger partial charge in [0.25, 0.3) is 0 Å². The van der Waals surface area contributed by atoms with E-state index in [-0.39, 0.29) is 0 Å². The molecule has 1 aliphatic carbocycles. The molecule has 1 aromatic heterocycles.